The van der Waals surface area contributed by atoms with Crippen LogP contribution in [0.4, 0.5) is 23.1 Å². The van der Waals surface area contributed by atoms with Gasteiger partial charge in [0.2, 0.25) is 5.95 Å². The van der Waals surface area contributed by atoms with E-state index in [2.05, 4.69) is 42.6 Å². The summed E-state index contributed by atoms with van der Waals surface area (Å²) in [6.07, 6.45) is 1.72. The van der Waals surface area contributed by atoms with Crippen molar-refractivity contribution in [3.8, 4) is 5.75 Å². The molecule has 0 bridgehead atoms. The molecular weight excluding hydrogens is 368 g/mol. The number of methoxy groups -OCH3 is 1. The summed E-state index contributed by atoms with van der Waals surface area (Å²) >= 11 is 3.50. The molecule has 0 aliphatic rings. The first-order valence-electron chi connectivity index (χ1n) is 7.41. The zero-order valence-corrected chi connectivity index (χ0v) is 15.0. The molecule has 0 fully saturated rings. The van der Waals surface area contributed by atoms with E-state index in [9.17, 15) is 0 Å². The Morgan fingerprint density at radius 2 is 1.71 bits per heavy atom. The molecular formula is C18H17BrN4O. The Bertz CT molecular complexity index is 837. The summed E-state index contributed by atoms with van der Waals surface area (Å²) in [4.78, 5) is 8.73. The summed E-state index contributed by atoms with van der Waals surface area (Å²) in [6.45, 7) is 2.05. The number of ether oxygens (including phenoxy) is 1. The Morgan fingerprint density at radius 3 is 2.42 bits per heavy atom. The van der Waals surface area contributed by atoms with Crippen LogP contribution in [0.5, 0.6) is 5.75 Å². The van der Waals surface area contributed by atoms with Crippen LogP contribution in [0.2, 0.25) is 0 Å². The molecule has 122 valence electrons. The largest absolute Gasteiger partial charge is 0.497 e. The molecule has 0 aliphatic heterocycles. The number of halogens is 1. The van der Waals surface area contributed by atoms with Crippen molar-refractivity contribution in [1.29, 1.82) is 0 Å². The Labute approximate surface area is 149 Å². The number of hydrogen-bond acceptors (Lipinski definition) is 5. The zero-order chi connectivity index (χ0) is 16.9. The van der Waals surface area contributed by atoms with E-state index in [1.54, 1.807) is 13.3 Å². The third kappa shape index (κ3) is 4.02. The minimum absolute atomic E-state index is 0.527. The Hall–Kier alpha value is -2.60. The molecule has 0 saturated carbocycles. The molecule has 0 spiro atoms. The molecule has 0 radical (unpaired) electrons. The average molecular weight is 385 g/mol. The van der Waals surface area contributed by atoms with Crippen molar-refractivity contribution in [2.24, 2.45) is 0 Å². The summed E-state index contributed by atoms with van der Waals surface area (Å²) in [5, 5.41) is 6.46. The minimum Gasteiger partial charge on any atom is -0.497 e. The molecule has 3 rings (SSSR count). The minimum atomic E-state index is 0.527. The van der Waals surface area contributed by atoms with Crippen molar-refractivity contribution in [2.75, 3.05) is 17.7 Å². The van der Waals surface area contributed by atoms with Gasteiger partial charge in [0, 0.05) is 22.0 Å². The Kier molecular flexibility index (Phi) is 4.96. The number of anilines is 4. The van der Waals surface area contributed by atoms with Gasteiger partial charge in [-0.1, -0.05) is 15.9 Å². The number of aryl methyl sites for hydroxylation is 1. The first-order valence-corrected chi connectivity index (χ1v) is 8.20. The molecule has 0 saturated heterocycles. The van der Waals surface area contributed by atoms with E-state index in [1.807, 2.05) is 49.4 Å². The molecule has 5 nitrogen and oxygen atoms in total. The highest BCUT2D eigenvalue weighted by molar-refractivity contribution is 9.10. The SMILES string of the molecule is COc1ccc(Nc2nccc(Nc3ccc(Br)c(C)c3)n2)cc1. The van der Waals surface area contributed by atoms with Gasteiger partial charge in [0.05, 0.1) is 7.11 Å². The maximum Gasteiger partial charge on any atom is 0.229 e. The Balaban J connectivity index is 1.74. The van der Waals surface area contributed by atoms with Gasteiger partial charge >= 0.3 is 0 Å². The highest BCUT2D eigenvalue weighted by Crippen LogP contribution is 2.23. The first-order chi connectivity index (χ1) is 11.6. The molecule has 2 aromatic carbocycles. The van der Waals surface area contributed by atoms with Gasteiger partial charge in [-0.05, 0) is 61.0 Å². The average Bonchev–Trinajstić information content (AvgIpc) is 2.59. The molecule has 6 heteroatoms. The van der Waals surface area contributed by atoms with Crippen LogP contribution in [0.15, 0.2) is 59.2 Å². The monoisotopic (exact) mass is 384 g/mol. The predicted molar refractivity (Wildman–Crippen MR) is 100 cm³/mol. The fourth-order valence-corrected chi connectivity index (χ4v) is 2.41. The lowest BCUT2D eigenvalue weighted by Gasteiger charge is -2.10. The van der Waals surface area contributed by atoms with E-state index in [4.69, 9.17) is 4.74 Å². The van der Waals surface area contributed by atoms with Gasteiger partial charge in [0.1, 0.15) is 11.6 Å². The smallest absolute Gasteiger partial charge is 0.229 e. The number of benzene rings is 2. The van der Waals surface area contributed by atoms with E-state index in [-0.39, 0.29) is 0 Å². The van der Waals surface area contributed by atoms with Crippen LogP contribution >= 0.6 is 15.9 Å². The summed E-state index contributed by atoms with van der Waals surface area (Å²) in [5.41, 5.74) is 3.03. The molecule has 0 unspecified atom stereocenters. The topological polar surface area (TPSA) is 59.1 Å². The second kappa shape index (κ2) is 7.31. The second-order valence-electron chi connectivity index (χ2n) is 5.21. The van der Waals surface area contributed by atoms with Crippen molar-refractivity contribution in [1.82, 2.24) is 9.97 Å². The molecule has 0 aliphatic carbocycles. The van der Waals surface area contributed by atoms with Crippen LogP contribution in [-0.2, 0) is 0 Å². The Morgan fingerprint density at radius 1 is 0.958 bits per heavy atom. The summed E-state index contributed by atoms with van der Waals surface area (Å²) < 4.78 is 6.23. The highest BCUT2D eigenvalue weighted by atomic mass is 79.9. The summed E-state index contributed by atoms with van der Waals surface area (Å²) in [7, 11) is 1.64. The standard InChI is InChI=1S/C18H17BrN4O/c1-12-11-14(5-8-16(12)19)21-17-9-10-20-18(23-17)22-13-3-6-15(24-2)7-4-13/h3-11H,1-2H3,(H2,20,21,22,23). The van der Waals surface area contributed by atoms with Gasteiger partial charge in [-0.15, -0.1) is 0 Å². The third-order valence-corrected chi connectivity index (χ3v) is 4.32. The van der Waals surface area contributed by atoms with Crippen LogP contribution in [0.1, 0.15) is 5.56 Å². The molecule has 3 aromatic rings. The van der Waals surface area contributed by atoms with Crippen LogP contribution in [0, 0.1) is 6.92 Å². The summed E-state index contributed by atoms with van der Waals surface area (Å²) in [6, 6.07) is 15.5. The lowest BCUT2D eigenvalue weighted by molar-refractivity contribution is 0.415. The van der Waals surface area contributed by atoms with Crippen LogP contribution in [-0.4, -0.2) is 17.1 Å². The van der Waals surface area contributed by atoms with Crippen molar-refractivity contribution >= 4 is 39.1 Å². The molecule has 0 amide bonds. The van der Waals surface area contributed by atoms with Crippen molar-refractivity contribution in [2.45, 2.75) is 6.92 Å². The van der Waals surface area contributed by atoms with E-state index in [1.165, 1.54) is 0 Å². The lowest BCUT2D eigenvalue weighted by Crippen LogP contribution is -2.00. The van der Waals surface area contributed by atoms with Crippen LogP contribution in [0.25, 0.3) is 0 Å². The lowest BCUT2D eigenvalue weighted by atomic mass is 10.2. The third-order valence-electron chi connectivity index (χ3n) is 3.43. The number of hydrogen-bond donors (Lipinski definition) is 2. The maximum atomic E-state index is 5.15. The normalized spacial score (nSPS) is 10.3. The fraction of sp³-hybridized carbons (Fsp3) is 0.111. The van der Waals surface area contributed by atoms with E-state index in [0.717, 1.165) is 33.0 Å². The number of aromatic nitrogens is 2. The quantitative estimate of drug-likeness (QED) is 0.644. The molecule has 24 heavy (non-hydrogen) atoms. The molecule has 2 N–H and O–H groups in total. The van der Waals surface area contributed by atoms with Gasteiger partial charge in [-0.3, -0.25) is 0 Å². The van der Waals surface area contributed by atoms with Crippen LogP contribution in [0.3, 0.4) is 0 Å². The predicted octanol–water partition coefficient (Wildman–Crippen LogP) is 5.04. The fourth-order valence-electron chi connectivity index (χ4n) is 2.16. The molecule has 0 atom stereocenters. The molecule has 1 heterocycles. The maximum absolute atomic E-state index is 5.15. The van der Waals surface area contributed by atoms with Gasteiger partial charge < -0.3 is 15.4 Å². The van der Waals surface area contributed by atoms with Crippen molar-refractivity contribution in [3.63, 3.8) is 0 Å². The number of nitrogens with zero attached hydrogens (tertiary/aromatic N) is 2. The summed E-state index contributed by atoms with van der Waals surface area (Å²) in [5.74, 6) is 2.06. The number of rotatable bonds is 5. The van der Waals surface area contributed by atoms with Gasteiger partial charge in [0.25, 0.3) is 0 Å². The van der Waals surface area contributed by atoms with Gasteiger partial charge in [-0.2, -0.15) is 4.98 Å². The second-order valence-corrected chi connectivity index (χ2v) is 6.06. The van der Waals surface area contributed by atoms with Gasteiger partial charge in [-0.25, -0.2) is 4.98 Å². The van der Waals surface area contributed by atoms with Gasteiger partial charge in [0.15, 0.2) is 0 Å². The molecule has 1 aromatic heterocycles. The van der Waals surface area contributed by atoms with Crippen molar-refractivity contribution in [3.05, 3.63) is 64.8 Å². The first kappa shape index (κ1) is 16.3. The number of nitrogens with one attached hydrogen (secondary N) is 2. The zero-order valence-electron chi connectivity index (χ0n) is 13.4. The highest BCUT2D eigenvalue weighted by Gasteiger charge is 2.03. The van der Waals surface area contributed by atoms with E-state index >= 15 is 0 Å². The van der Waals surface area contributed by atoms with E-state index < -0.39 is 0 Å². The van der Waals surface area contributed by atoms with Crippen LogP contribution < -0.4 is 15.4 Å². The van der Waals surface area contributed by atoms with Crippen molar-refractivity contribution < 1.29 is 4.74 Å². The van der Waals surface area contributed by atoms with E-state index in [0.29, 0.717) is 5.95 Å².